The zero-order chi connectivity index (χ0) is 6.69. The van der Waals surface area contributed by atoms with Crippen LogP contribution < -0.4 is 5.14 Å². The Bertz CT molecular complexity index is 116. The molecule has 0 amide bonds. The first kappa shape index (κ1) is 7.09. The highest BCUT2D eigenvalue weighted by Crippen LogP contribution is 2.21. The minimum Gasteiger partial charge on any atom is -0.298 e. The van der Waals surface area contributed by atoms with Gasteiger partial charge >= 0.3 is 0 Å². The zero-order valence-electron chi connectivity index (χ0n) is 5.30. The highest BCUT2D eigenvalue weighted by Gasteiger charge is 2.20. The third-order valence-corrected chi connectivity index (χ3v) is 2.49. The Morgan fingerprint density at radius 1 is 1.56 bits per heavy atom. The molecule has 1 unspecified atom stereocenters. The lowest BCUT2D eigenvalue weighted by Gasteiger charge is -2.16. The lowest BCUT2D eigenvalue weighted by atomic mass is 9.99. The van der Waals surface area contributed by atoms with Crippen LogP contribution in [0.15, 0.2) is 0 Å². The van der Waals surface area contributed by atoms with Gasteiger partial charge in [0.15, 0.2) is 0 Å². The van der Waals surface area contributed by atoms with Gasteiger partial charge in [-0.3, -0.25) is 9.93 Å². The van der Waals surface area contributed by atoms with Gasteiger partial charge in [-0.2, -0.15) is 0 Å². The van der Waals surface area contributed by atoms with E-state index in [-0.39, 0.29) is 5.25 Å². The van der Waals surface area contributed by atoms with E-state index >= 15 is 0 Å². The van der Waals surface area contributed by atoms with Crippen molar-refractivity contribution in [1.29, 1.82) is 0 Å². The van der Waals surface area contributed by atoms with Gasteiger partial charge in [0, 0.05) is 6.42 Å². The average molecular weight is 145 g/mol. The summed E-state index contributed by atoms with van der Waals surface area (Å²) in [4.78, 5) is 10.9. The molecule has 9 heavy (non-hydrogen) atoms. The van der Waals surface area contributed by atoms with Gasteiger partial charge < -0.3 is 0 Å². The number of carbonyl (C=O) groups is 1. The smallest absolute Gasteiger partial charge is 0.147 e. The fourth-order valence-corrected chi connectivity index (χ4v) is 1.67. The second-order valence-corrected chi connectivity index (χ2v) is 3.18. The van der Waals surface area contributed by atoms with Crippen LogP contribution in [0.3, 0.4) is 0 Å². The van der Waals surface area contributed by atoms with Gasteiger partial charge in [0.25, 0.3) is 0 Å². The van der Waals surface area contributed by atoms with Crippen LogP contribution in [-0.2, 0) is 4.79 Å². The average Bonchev–Trinajstić information content (AvgIpc) is 1.89. The molecule has 52 valence electrons. The Kier molecular flexibility index (Phi) is 2.54. The normalized spacial score (nSPS) is 28.6. The van der Waals surface area contributed by atoms with Crippen molar-refractivity contribution in [2.24, 2.45) is 5.14 Å². The zero-order valence-corrected chi connectivity index (χ0v) is 6.12. The fraction of sp³-hybridized carbons (Fsp3) is 0.833. The van der Waals surface area contributed by atoms with Crippen LogP contribution in [0, 0.1) is 0 Å². The number of nitrogens with two attached hydrogens (primary N) is 1. The van der Waals surface area contributed by atoms with Gasteiger partial charge in [-0.1, -0.05) is 18.4 Å². The molecule has 1 fully saturated rings. The standard InChI is InChI=1S/C6H11NOS/c7-9-6-4-2-1-3-5(6)8/h6H,1-4,7H2. The minimum atomic E-state index is 0.110. The predicted octanol–water partition coefficient (Wildman–Crippen LogP) is 1.11. The number of rotatable bonds is 1. The van der Waals surface area contributed by atoms with Gasteiger partial charge in [0.05, 0.1) is 5.25 Å². The maximum absolute atomic E-state index is 10.9. The number of hydrogen-bond acceptors (Lipinski definition) is 3. The van der Waals surface area contributed by atoms with E-state index in [0.717, 1.165) is 19.3 Å². The van der Waals surface area contributed by atoms with Crippen molar-refractivity contribution in [2.45, 2.75) is 30.9 Å². The molecule has 1 aliphatic carbocycles. The highest BCUT2D eigenvalue weighted by atomic mass is 32.2. The molecule has 2 nitrogen and oxygen atoms in total. The molecule has 0 aromatic heterocycles. The van der Waals surface area contributed by atoms with E-state index in [9.17, 15) is 4.79 Å². The molecular formula is C6H11NOS. The summed E-state index contributed by atoms with van der Waals surface area (Å²) in [7, 11) is 0. The second-order valence-electron chi connectivity index (χ2n) is 2.34. The summed E-state index contributed by atoms with van der Waals surface area (Å²) < 4.78 is 0. The molecule has 1 atom stereocenters. The van der Waals surface area contributed by atoms with E-state index in [2.05, 4.69) is 0 Å². The summed E-state index contributed by atoms with van der Waals surface area (Å²) in [5, 5.41) is 5.40. The van der Waals surface area contributed by atoms with Crippen molar-refractivity contribution < 1.29 is 4.79 Å². The van der Waals surface area contributed by atoms with E-state index in [0.29, 0.717) is 5.78 Å². The minimum absolute atomic E-state index is 0.110. The Labute approximate surface area is 59.3 Å². The van der Waals surface area contributed by atoms with Gasteiger partial charge in [-0.05, 0) is 12.8 Å². The van der Waals surface area contributed by atoms with Crippen molar-refractivity contribution in [3.63, 3.8) is 0 Å². The second kappa shape index (κ2) is 3.22. The Balaban J connectivity index is 2.39. The SMILES string of the molecule is NSC1CCCCC1=O. The number of ketones is 1. The number of hydrogen-bond donors (Lipinski definition) is 1. The van der Waals surface area contributed by atoms with Crippen LogP contribution in [0.5, 0.6) is 0 Å². The summed E-state index contributed by atoms with van der Waals surface area (Å²) in [5.41, 5.74) is 0. The molecule has 0 bridgehead atoms. The molecule has 0 spiro atoms. The molecule has 0 heterocycles. The molecule has 0 aromatic rings. The van der Waals surface area contributed by atoms with Crippen molar-refractivity contribution in [3.8, 4) is 0 Å². The maximum Gasteiger partial charge on any atom is 0.147 e. The maximum atomic E-state index is 10.9. The molecule has 1 aliphatic rings. The monoisotopic (exact) mass is 145 g/mol. The summed E-state index contributed by atoms with van der Waals surface area (Å²) in [6.07, 6.45) is 3.96. The van der Waals surface area contributed by atoms with Crippen molar-refractivity contribution in [3.05, 3.63) is 0 Å². The number of Topliss-reactive ketones (excluding diaryl/α,β-unsaturated/α-hetero) is 1. The molecule has 0 aliphatic heterocycles. The summed E-state index contributed by atoms with van der Waals surface area (Å²) in [6, 6.07) is 0. The van der Waals surface area contributed by atoms with E-state index in [1.807, 2.05) is 0 Å². The Hall–Kier alpha value is -0.0200. The molecule has 1 saturated carbocycles. The van der Waals surface area contributed by atoms with Gasteiger partial charge in [0.1, 0.15) is 5.78 Å². The van der Waals surface area contributed by atoms with Crippen LogP contribution in [-0.4, -0.2) is 11.0 Å². The largest absolute Gasteiger partial charge is 0.298 e. The van der Waals surface area contributed by atoms with Crippen molar-refractivity contribution >= 4 is 17.7 Å². The van der Waals surface area contributed by atoms with Gasteiger partial charge in [-0.15, -0.1) is 0 Å². The molecule has 3 heteroatoms. The topological polar surface area (TPSA) is 43.1 Å². The van der Waals surface area contributed by atoms with E-state index in [1.54, 1.807) is 0 Å². The Morgan fingerprint density at radius 3 is 2.78 bits per heavy atom. The number of carbonyl (C=O) groups excluding carboxylic acids is 1. The van der Waals surface area contributed by atoms with E-state index < -0.39 is 0 Å². The van der Waals surface area contributed by atoms with Crippen molar-refractivity contribution in [1.82, 2.24) is 0 Å². The molecule has 0 saturated heterocycles. The van der Waals surface area contributed by atoms with Crippen LogP contribution in [0.2, 0.25) is 0 Å². The lowest BCUT2D eigenvalue weighted by Crippen LogP contribution is -2.22. The van der Waals surface area contributed by atoms with Crippen LogP contribution >= 0.6 is 11.9 Å². The molecule has 2 N–H and O–H groups in total. The third kappa shape index (κ3) is 1.69. The predicted molar refractivity (Wildman–Crippen MR) is 39.0 cm³/mol. The van der Waals surface area contributed by atoms with Crippen LogP contribution in [0.1, 0.15) is 25.7 Å². The Morgan fingerprint density at radius 2 is 2.33 bits per heavy atom. The quantitative estimate of drug-likeness (QED) is 0.562. The first-order valence-corrected chi connectivity index (χ1v) is 4.17. The van der Waals surface area contributed by atoms with Gasteiger partial charge in [0.2, 0.25) is 0 Å². The molecule has 0 radical (unpaired) electrons. The first-order chi connectivity index (χ1) is 4.34. The molecule has 1 rings (SSSR count). The van der Waals surface area contributed by atoms with Crippen LogP contribution in [0.25, 0.3) is 0 Å². The summed E-state index contributed by atoms with van der Waals surface area (Å²) in [5.74, 6) is 0.341. The van der Waals surface area contributed by atoms with Crippen molar-refractivity contribution in [2.75, 3.05) is 0 Å². The van der Waals surface area contributed by atoms with E-state index in [4.69, 9.17) is 5.14 Å². The summed E-state index contributed by atoms with van der Waals surface area (Å²) in [6.45, 7) is 0. The first-order valence-electron chi connectivity index (χ1n) is 3.23. The lowest BCUT2D eigenvalue weighted by molar-refractivity contribution is -0.119. The highest BCUT2D eigenvalue weighted by molar-refractivity contribution is 7.98. The van der Waals surface area contributed by atoms with Crippen LogP contribution in [0.4, 0.5) is 0 Å². The third-order valence-electron chi connectivity index (χ3n) is 1.66. The van der Waals surface area contributed by atoms with Gasteiger partial charge in [-0.25, -0.2) is 0 Å². The molecule has 0 aromatic carbocycles. The molecular weight excluding hydrogens is 134 g/mol. The fourth-order valence-electron chi connectivity index (χ4n) is 1.09. The van der Waals surface area contributed by atoms with E-state index in [1.165, 1.54) is 18.4 Å². The summed E-state index contributed by atoms with van der Waals surface area (Å²) >= 11 is 1.20.